The second-order valence-corrected chi connectivity index (χ2v) is 7.72. The van der Waals surface area contributed by atoms with Crippen molar-refractivity contribution < 1.29 is 14.3 Å². The summed E-state index contributed by atoms with van der Waals surface area (Å²) in [7, 11) is 0. The van der Waals surface area contributed by atoms with E-state index in [-0.39, 0.29) is 17.7 Å². The van der Waals surface area contributed by atoms with Crippen LogP contribution in [0.25, 0.3) is 0 Å². The zero-order valence-electron chi connectivity index (χ0n) is 14.8. The summed E-state index contributed by atoms with van der Waals surface area (Å²) in [5.74, 6) is 2.63. The number of hydrogen-bond acceptors (Lipinski definition) is 3. The number of carbonyl (C=O) groups is 2. The molecule has 1 saturated heterocycles. The highest BCUT2D eigenvalue weighted by atomic mass is 16.5. The fourth-order valence-electron chi connectivity index (χ4n) is 3.41. The van der Waals surface area contributed by atoms with Crippen LogP contribution in [0.2, 0.25) is 0 Å². The summed E-state index contributed by atoms with van der Waals surface area (Å²) in [5, 5.41) is 0. The van der Waals surface area contributed by atoms with Crippen molar-refractivity contribution in [2.24, 2.45) is 17.8 Å². The van der Waals surface area contributed by atoms with Gasteiger partial charge < -0.3 is 14.5 Å². The molecule has 2 atom stereocenters. The van der Waals surface area contributed by atoms with E-state index in [1.54, 1.807) is 0 Å². The third-order valence-corrected chi connectivity index (χ3v) is 5.59. The maximum absolute atomic E-state index is 12.6. The van der Waals surface area contributed by atoms with E-state index in [1.807, 2.05) is 34.1 Å². The van der Waals surface area contributed by atoms with Crippen molar-refractivity contribution in [3.63, 3.8) is 0 Å². The first-order valence-electron chi connectivity index (χ1n) is 9.43. The Morgan fingerprint density at radius 1 is 1.04 bits per heavy atom. The minimum atomic E-state index is 0.0423. The van der Waals surface area contributed by atoms with Crippen molar-refractivity contribution in [2.75, 3.05) is 32.8 Å². The van der Waals surface area contributed by atoms with Gasteiger partial charge in [-0.3, -0.25) is 9.59 Å². The number of benzene rings is 1. The third-order valence-electron chi connectivity index (χ3n) is 5.59. The van der Waals surface area contributed by atoms with E-state index in [1.165, 1.54) is 12.8 Å². The predicted octanol–water partition coefficient (Wildman–Crippen LogP) is 2.42. The first-order valence-corrected chi connectivity index (χ1v) is 9.43. The van der Waals surface area contributed by atoms with Crippen LogP contribution < -0.4 is 4.74 Å². The molecule has 0 aromatic heterocycles. The molecule has 1 aromatic rings. The van der Waals surface area contributed by atoms with Gasteiger partial charge in [-0.25, -0.2) is 0 Å². The number of amides is 2. The number of hydrogen-bond donors (Lipinski definition) is 0. The Morgan fingerprint density at radius 2 is 1.64 bits per heavy atom. The van der Waals surface area contributed by atoms with E-state index in [0.29, 0.717) is 37.7 Å². The lowest BCUT2D eigenvalue weighted by Crippen LogP contribution is -2.51. The van der Waals surface area contributed by atoms with Crippen molar-refractivity contribution in [2.45, 2.75) is 26.2 Å². The molecule has 2 amide bonds. The van der Waals surface area contributed by atoms with Gasteiger partial charge >= 0.3 is 0 Å². The summed E-state index contributed by atoms with van der Waals surface area (Å²) >= 11 is 0. The fraction of sp³-hybridized carbons (Fsp3) is 0.600. The van der Waals surface area contributed by atoms with E-state index in [4.69, 9.17) is 4.74 Å². The van der Waals surface area contributed by atoms with Crippen molar-refractivity contribution in [3.05, 3.63) is 29.8 Å². The summed E-state index contributed by atoms with van der Waals surface area (Å²) in [6.07, 6.45) is 3.56. The quantitative estimate of drug-likeness (QED) is 0.826. The molecule has 5 nitrogen and oxygen atoms in total. The van der Waals surface area contributed by atoms with Crippen LogP contribution in [0, 0.1) is 17.8 Å². The molecule has 2 saturated carbocycles. The lowest BCUT2D eigenvalue weighted by atomic mass is 10.1. The van der Waals surface area contributed by atoms with E-state index in [2.05, 4.69) is 6.92 Å². The van der Waals surface area contributed by atoms with Gasteiger partial charge in [-0.1, -0.05) is 6.92 Å². The summed E-state index contributed by atoms with van der Waals surface area (Å²) in [6, 6.07) is 7.44. The van der Waals surface area contributed by atoms with E-state index in [9.17, 15) is 9.59 Å². The molecule has 1 aliphatic heterocycles. The minimum absolute atomic E-state index is 0.0423. The molecule has 3 aliphatic rings. The molecule has 25 heavy (non-hydrogen) atoms. The van der Waals surface area contributed by atoms with Crippen LogP contribution in [0.15, 0.2) is 24.3 Å². The SMILES string of the molecule is C[C@H]1C[C@H]1C(=O)N1CCN(C(=O)c2ccc(OCC3CC3)cc2)CC1. The van der Waals surface area contributed by atoms with Gasteiger partial charge in [0.2, 0.25) is 5.91 Å². The fourth-order valence-corrected chi connectivity index (χ4v) is 3.41. The smallest absolute Gasteiger partial charge is 0.253 e. The zero-order valence-corrected chi connectivity index (χ0v) is 14.8. The Bertz CT molecular complexity index is 645. The summed E-state index contributed by atoms with van der Waals surface area (Å²) in [5.41, 5.74) is 0.689. The average Bonchev–Trinajstić information content (AvgIpc) is 3.57. The van der Waals surface area contributed by atoms with Crippen LogP contribution in [0.3, 0.4) is 0 Å². The monoisotopic (exact) mass is 342 g/mol. The van der Waals surface area contributed by atoms with Gasteiger partial charge in [-0.15, -0.1) is 0 Å². The molecular formula is C20H26N2O3. The number of ether oxygens (including phenoxy) is 1. The molecule has 0 N–H and O–H groups in total. The molecule has 1 heterocycles. The molecule has 0 unspecified atom stereocenters. The Labute approximate surface area is 148 Å². The van der Waals surface area contributed by atoms with Crippen LogP contribution in [0.1, 0.15) is 36.5 Å². The third kappa shape index (κ3) is 3.80. The average molecular weight is 342 g/mol. The van der Waals surface area contributed by atoms with Crippen LogP contribution >= 0.6 is 0 Å². The highest BCUT2D eigenvalue weighted by molar-refractivity contribution is 5.94. The van der Waals surface area contributed by atoms with Crippen molar-refractivity contribution in [3.8, 4) is 5.75 Å². The van der Waals surface area contributed by atoms with Gasteiger partial charge in [0.25, 0.3) is 5.91 Å². The van der Waals surface area contributed by atoms with Crippen molar-refractivity contribution in [1.29, 1.82) is 0 Å². The number of rotatable bonds is 5. The van der Waals surface area contributed by atoms with E-state index < -0.39 is 0 Å². The number of piperazine rings is 1. The van der Waals surface area contributed by atoms with Gasteiger partial charge in [0.1, 0.15) is 5.75 Å². The Morgan fingerprint density at radius 3 is 2.20 bits per heavy atom. The molecule has 0 spiro atoms. The summed E-state index contributed by atoms with van der Waals surface area (Å²) < 4.78 is 5.72. The summed E-state index contributed by atoms with van der Waals surface area (Å²) in [6.45, 7) is 5.44. The van der Waals surface area contributed by atoms with Gasteiger partial charge in [-0.05, 0) is 55.4 Å². The topological polar surface area (TPSA) is 49.9 Å². The number of nitrogens with zero attached hydrogens (tertiary/aromatic N) is 2. The maximum atomic E-state index is 12.6. The normalized spacial score (nSPS) is 25.6. The molecule has 5 heteroatoms. The first-order chi connectivity index (χ1) is 12.1. The number of carbonyl (C=O) groups excluding carboxylic acids is 2. The van der Waals surface area contributed by atoms with Crippen LogP contribution in [-0.4, -0.2) is 54.4 Å². The second-order valence-electron chi connectivity index (χ2n) is 7.72. The minimum Gasteiger partial charge on any atom is -0.493 e. The van der Waals surface area contributed by atoms with Crippen molar-refractivity contribution >= 4 is 11.8 Å². The Balaban J connectivity index is 1.28. The van der Waals surface area contributed by atoms with Crippen LogP contribution in [0.4, 0.5) is 0 Å². The molecule has 134 valence electrons. The first kappa shape index (κ1) is 16.4. The molecular weight excluding hydrogens is 316 g/mol. The molecule has 0 bridgehead atoms. The van der Waals surface area contributed by atoms with E-state index >= 15 is 0 Å². The Hall–Kier alpha value is -2.04. The van der Waals surface area contributed by atoms with Gasteiger partial charge in [0.15, 0.2) is 0 Å². The Kier molecular flexibility index (Phi) is 4.40. The molecule has 2 aliphatic carbocycles. The largest absolute Gasteiger partial charge is 0.493 e. The lowest BCUT2D eigenvalue weighted by Gasteiger charge is -2.35. The van der Waals surface area contributed by atoms with Crippen molar-refractivity contribution in [1.82, 2.24) is 9.80 Å². The predicted molar refractivity (Wildman–Crippen MR) is 94.4 cm³/mol. The van der Waals surface area contributed by atoms with Gasteiger partial charge in [0, 0.05) is 37.7 Å². The second kappa shape index (κ2) is 6.70. The molecule has 1 aromatic carbocycles. The highest BCUT2D eigenvalue weighted by Gasteiger charge is 2.42. The molecule has 3 fully saturated rings. The highest BCUT2D eigenvalue weighted by Crippen LogP contribution is 2.39. The summed E-state index contributed by atoms with van der Waals surface area (Å²) in [4.78, 5) is 28.7. The van der Waals surface area contributed by atoms with Crippen LogP contribution in [-0.2, 0) is 4.79 Å². The van der Waals surface area contributed by atoms with Gasteiger partial charge in [0.05, 0.1) is 6.61 Å². The zero-order chi connectivity index (χ0) is 17.4. The molecule has 0 radical (unpaired) electrons. The standard InChI is InChI=1S/C20H26N2O3/c1-14-12-18(14)20(24)22-10-8-21(9-11-22)19(23)16-4-6-17(7-5-16)25-13-15-2-3-15/h4-7,14-15,18H,2-3,8-13H2,1H3/t14-,18+/m0/s1. The maximum Gasteiger partial charge on any atom is 0.253 e. The molecule has 4 rings (SSSR count). The lowest BCUT2D eigenvalue weighted by molar-refractivity contribution is -0.134. The van der Waals surface area contributed by atoms with Gasteiger partial charge in [-0.2, -0.15) is 0 Å². The van der Waals surface area contributed by atoms with Crippen LogP contribution in [0.5, 0.6) is 5.75 Å². The van der Waals surface area contributed by atoms with E-state index in [0.717, 1.165) is 24.7 Å².